The minimum atomic E-state index is 0. The first-order valence-electron chi connectivity index (χ1n) is 9.13. The maximum absolute atomic E-state index is 5.87. The van der Waals surface area contributed by atoms with Crippen LogP contribution in [0.15, 0.2) is 4.99 Å². The lowest BCUT2D eigenvalue weighted by Crippen LogP contribution is -2.67. The molecule has 2 fully saturated rings. The molecule has 1 saturated heterocycles. The first-order chi connectivity index (χ1) is 10.5. The zero-order valence-electron chi connectivity index (χ0n) is 15.5. The van der Waals surface area contributed by atoms with Gasteiger partial charge in [0, 0.05) is 37.1 Å². The lowest BCUT2D eigenvalue weighted by Gasteiger charge is -2.54. The maximum atomic E-state index is 5.87. The lowest BCUT2D eigenvalue weighted by atomic mass is 9.57. The molecule has 0 bridgehead atoms. The summed E-state index contributed by atoms with van der Waals surface area (Å²) in [7, 11) is 0. The molecule has 1 aliphatic carbocycles. The van der Waals surface area contributed by atoms with Gasteiger partial charge in [-0.1, -0.05) is 40.5 Å². The number of halogens is 1. The van der Waals surface area contributed by atoms with E-state index in [2.05, 4.69) is 45.3 Å². The van der Waals surface area contributed by atoms with E-state index in [1.165, 1.54) is 25.7 Å². The molecule has 0 aromatic heterocycles. The maximum Gasteiger partial charge on any atom is 0.191 e. The molecule has 23 heavy (non-hydrogen) atoms. The van der Waals surface area contributed by atoms with Crippen LogP contribution in [0.25, 0.3) is 0 Å². The minimum Gasteiger partial charge on any atom is -0.377 e. The van der Waals surface area contributed by atoms with Crippen molar-refractivity contribution >= 4 is 29.9 Å². The molecule has 0 aromatic rings. The molecule has 2 rings (SSSR count). The Balaban J connectivity index is 0.00000264. The summed E-state index contributed by atoms with van der Waals surface area (Å²) in [5.41, 5.74) is 0.203. The van der Waals surface area contributed by atoms with Crippen LogP contribution in [0, 0.1) is 17.3 Å². The zero-order chi connectivity index (χ0) is 16.2. The van der Waals surface area contributed by atoms with Crippen molar-refractivity contribution in [2.24, 2.45) is 22.2 Å². The lowest BCUT2D eigenvalue weighted by molar-refractivity contribution is -0.106. The standard InChI is InChI=1S/C18H35N3O.HI/c1-6-19-17(20-11-8-7-9-13(2)3)21-15-14-10-12-22-16(14)18(15,4)5;/h13-16H,6-12H2,1-5H3,(H2,19,20,21);1H. The highest BCUT2D eigenvalue weighted by molar-refractivity contribution is 14.0. The average Bonchev–Trinajstić information content (AvgIpc) is 2.90. The molecule has 1 saturated carbocycles. The molecule has 0 aromatic carbocycles. The van der Waals surface area contributed by atoms with E-state index in [0.29, 0.717) is 18.1 Å². The summed E-state index contributed by atoms with van der Waals surface area (Å²) < 4.78 is 5.87. The fraction of sp³-hybridized carbons (Fsp3) is 0.944. The van der Waals surface area contributed by atoms with Crippen LogP contribution in [0.1, 0.15) is 60.3 Å². The highest BCUT2D eigenvalue weighted by atomic mass is 127. The Bertz CT molecular complexity index is 384. The number of ether oxygens (including phenoxy) is 1. The number of nitrogens with one attached hydrogen (secondary N) is 2. The number of nitrogens with zero attached hydrogens (tertiary/aromatic N) is 1. The van der Waals surface area contributed by atoms with Gasteiger partial charge in [-0.3, -0.25) is 4.99 Å². The third kappa shape index (κ3) is 5.21. The van der Waals surface area contributed by atoms with E-state index in [9.17, 15) is 0 Å². The van der Waals surface area contributed by atoms with Gasteiger partial charge < -0.3 is 15.4 Å². The molecule has 2 N–H and O–H groups in total. The van der Waals surface area contributed by atoms with Gasteiger partial charge in [0.25, 0.3) is 0 Å². The highest BCUT2D eigenvalue weighted by Gasteiger charge is 2.59. The van der Waals surface area contributed by atoms with Crippen molar-refractivity contribution in [2.45, 2.75) is 72.4 Å². The second-order valence-corrected chi connectivity index (χ2v) is 7.84. The number of fused-ring (bicyclic) bond motifs is 1. The topological polar surface area (TPSA) is 45.7 Å². The van der Waals surface area contributed by atoms with Crippen LogP contribution in [0.2, 0.25) is 0 Å². The van der Waals surface area contributed by atoms with Crippen LogP contribution in [-0.4, -0.2) is 37.8 Å². The Kier molecular flexibility index (Phi) is 8.63. The summed E-state index contributed by atoms with van der Waals surface area (Å²) in [6, 6.07) is 0.480. The van der Waals surface area contributed by atoms with Gasteiger partial charge in [0.05, 0.1) is 6.10 Å². The van der Waals surface area contributed by atoms with Gasteiger partial charge in [0.2, 0.25) is 0 Å². The van der Waals surface area contributed by atoms with Crippen molar-refractivity contribution in [1.29, 1.82) is 0 Å². The fourth-order valence-corrected chi connectivity index (χ4v) is 3.94. The molecular formula is C18H36IN3O. The van der Waals surface area contributed by atoms with E-state index in [0.717, 1.165) is 31.6 Å². The molecule has 4 nitrogen and oxygen atoms in total. The molecule has 1 heterocycles. The third-order valence-corrected chi connectivity index (χ3v) is 5.20. The van der Waals surface area contributed by atoms with E-state index in [-0.39, 0.29) is 29.4 Å². The van der Waals surface area contributed by atoms with Gasteiger partial charge >= 0.3 is 0 Å². The quantitative estimate of drug-likeness (QED) is 0.276. The second kappa shape index (κ2) is 9.44. The van der Waals surface area contributed by atoms with E-state index < -0.39 is 0 Å². The number of unbranched alkanes of at least 4 members (excludes halogenated alkanes) is 1. The number of guanidine groups is 1. The number of aliphatic imine (C=N–C) groups is 1. The van der Waals surface area contributed by atoms with Crippen LogP contribution in [0.5, 0.6) is 0 Å². The highest BCUT2D eigenvalue weighted by Crippen LogP contribution is 2.52. The van der Waals surface area contributed by atoms with Gasteiger partial charge in [-0.25, -0.2) is 0 Å². The molecule has 0 radical (unpaired) electrons. The van der Waals surface area contributed by atoms with Crippen molar-refractivity contribution in [2.75, 3.05) is 19.7 Å². The van der Waals surface area contributed by atoms with Crippen LogP contribution in [-0.2, 0) is 4.74 Å². The molecule has 0 spiro atoms. The van der Waals surface area contributed by atoms with Gasteiger partial charge in [-0.2, -0.15) is 0 Å². The summed E-state index contributed by atoms with van der Waals surface area (Å²) in [4.78, 5) is 4.77. The van der Waals surface area contributed by atoms with Crippen LogP contribution < -0.4 is 10.6 Å². The van der Waals surface area contributed by atoms with Crippen LogP contribution >= 0.6 is 24.0 Å². The first kappa shape index (κ1) is 21.0. The van der Waals surface area contributed by atoms with E-state index >= 15 is 0 Å². The summed E-state index contributed by atoms with van der Waals surface area (Å²) >= 11 is 0. The largest absolute Gasteiger partial charge is 0.377 e. The monoisotopic (exact) mass is 437 g/mol. The summed E-state index contributed by atoms with van der Waals surface area (Å²) in [6.07, 6.45) is 5.36. The summed E-state index contributed by atoms with van der Waals surface area (Å²) in [5.74, 6) is 2.43. The molecule has 3 unspecified atom stereocenters. The smallest absolute Gasteiger partial charge is 0.191 e. The Labute approximate surface area is 159 Å². The third-order valence-electron chi connectivity index (χ3n) is 5.20. The summed E-state index contributed by atoms with van der Waals surface area (Å²) in [6.45, 7) is 14.1. The van der Waals surface area contributed by atoms with Crippen molar-refractivity contribution in [3.63, 3.8) is 0 Å². The normalized spacial score (nSPS) is 28.8. The van der Waals surface area contributed by atoms with Crippen LogP contribution in [0.3, 0.4) is 0 Å². The minimum absolute atomic E-state index is 0. The van der Waals surface area contributed by atoms with Gasteiger partial charge in [-0.05, 0) is 25.7 Å². The zero-order valence-corrected chi connectivity index (χ0v) is 17.9. The second-order valence-electron chi connectivity index (χ2n) is 7.84. The number of hydrogen-bond acceptors (Lipinski definition) is 2. The Morgan fingerprint density at radius 3 is 2.70 bits per heavy atom. The Morgan fingerprint density at radius 1 is 1.30 bits per heavy atom. The number of hydrogen-bond donors (Lipinski definition) is 2. The number of rotatable bonds is 7. The molecule has 1 aliphatic heterocycles. The SMILES string of the molecule is CCNC(=NCCCCC(C)C)NC1C2CCOC2C1(C)C.I. The van der Waals surface area contributed by atoms with E-state index in [1.807, 2.05) is 0 Å². The predicted molar refractivity (Wildman–Crippen MR) is 109 cm³/mol. The Morgan fingerprint density at radius 2 is 2.04 bits per heavy atom. The first-order valence-corrected chi connectivity index (χ1v) is 9.13. The Hall–Kier alpha value is -0.0400. The van der Waals surface area contributed by atoms with E-state index in [1.54, 1.807) is 0 Å². The average molecular weight is 437 g/mol. The van der Waals surface area contributed by atoms with Gasteiger partial charge in [0.1, 0.15) is 0 Å². The van der Waals surface area contributed by atoms with Crippen molar-refractivity contribution < 1.29 is 4.74 Å². The van der Waals surface area contributed by atoms with Crippen LogP contribution in [0.4, 0.5) is 0 Å². The van der Waals surface area contributed by atoms with Crippen molar-refractivity contribution in [1.82, 2.24) is 10.6 Å². The van der Waals surface area contributed by atoms with E-state index in [4.69, 9.17) is 9.73 Å². The molecule has 136 valence electrons. The van der Waals surface area contributed by atoms with Crippen molar-refractivity contribution in [3.05, 3.63) is 0 Å². The molecule has 3 atom stereocenters. The molecule has 5 heteroatoms. The molecule has 2 aliphatic rings. The molecular weight excluding hydrogens is 401 g/mol. The molecule has 0 amide bonds. The summed E-state index contributed by atoms with van der Waals surface area (Å²) in [5, 5.41) is 7.07. The predicted octanol–water partition coefficient (Wildman–Crippen LogP) is 3.80. The van der Waals surface area contributed by atoms with Gasteiger partial charge in [0.15, 0.2) is 5.96 Å². The van der Waals surface area contributed by atoms with Crippen molar-refractivity contribution in [3.8, 4) is 0 Å². The fourth-order valence-electron chi connectivity index (χ4n) is 3.94. The van der Waals surface area contributed by atoms with Gasteiger partial charge in [-0.15, -0.1) is 24.0 Å².